The van der Waals surface area contributed by atoms with Gasteiger partial charge in [-0.1, -0.05) is 0 Å². The van der Waals surface area contributed by atoms with Gasteiger partial charge in [0.15, 0.2) is 5.13 Å². The van der Waals surface area contributed by atoms with E-state index in [4.69, 9.17) is 4.74 Å². The van der Waals surface area contributed by atoms with E-state index in [1.165, 1.54) is 0 Å². The van der Waals surface area contributed by atoms with Gasteiger partial charge in [-0.3, -0.25) is 0 Å². The third kappa shape index (κ3) is 2.52. The second-order valence-corrected chi connectivity index (χ2v) is 5.77. The first-order chi connectivity index (χ1) is 9.80. The van der Waals surface area contributed by atoms with Crippen LogP contribution in [0.2, 0.25) is 0 Å². The van der Waals surface area contributed by atoms with Crippen LogP contribution in [0, 0.1) is 0 Å². The van der Waals surface area contributed by atoms with E-state index >= 15 is 0 Å². The molecule has 2 heterocycles. The van der Waals surface area contributed by atoms with Gasteiger partial charge in [0.25, 0.3) is 0 Å². The van der Waals surface area contributed by atoms with Crippen LogP contribution in [0.5, 0.6) is 5.75 Å². The number of benzene rings is 1. The topological polar surface area (TPSA) is 47.0 Å². The molecule has 0 radical (unpaired) electrons. The highest BCUT2D eigenvalue weighted by Crippen LogP contribution is 2.31. The van der Waals surface area contributed by atoms with Crippen molar-refractivity contribution in [2.24, 2.45) is 0 Å². The molecule has 0 unspecified atom stereocenters. The number of hydrogen-bond acceptors (Lipinski definition) is 6. The van der Waals surface area contributed by atoms with Crippen molar-refractivity contribution in [2.45, 2.75) is 0 Å². The summed E-state index contributed by atoms with van der Waals surface area (Å²) < 4.78 is 5.16. The first-order valence-corrected chi connectivity index (χ1v) is 7.79. The van der Waals surface area contributed by atoms with Crippen LogP contribution < -0.4 is 10.1 Å². The number of hydrogen-bond donors (Lipinski definition) is 1. The van der Waals surface area contributed by atoms with Crippen LogP contribution in [0.3, 0.4) is 0 Å². The highest BCUT2D eigenvalue weighted by atomic mass is 32.1. The zero-order valence-electron chi connectivity index (χ0n) is 11.1. The maximum atomic E-state index is 5.16. The monoisotopic (exact) mass is 303 g/mol. The predicted molar refractivity (Wildman–Crippen MR) is 84.8 cm³/mol. The van der Waals surface area contributed by atoms with E-state index < -0.39 is 0 Å². The molecule has 3 rings (SSSR count). The molecule has 0 aliphatic heterocycles. The molecular weight excluding hydrogens is 290 g/mol. The first kappa shape index (κ1) is 13.1. The third-order valence-electron chi connectivity index (χ3n) is 2.82. The van der Waals surface area contributed by atoms with Crippen LogP contribution in [0.15, 0.2) is 35.0 Å². The van der Waals surface area contributed by atoms with Gasteiger partial charge in [0.05, 0.1) is 7.11 Å². The van der Waals surface area contributed by atoms with Gasteiger partial charge < -0.3 is 10.1 Å². The number of methoxy groups -OCH3 is 1. The fourth-order valence-corrected chi connectivity index (χ4v) is 3.25. The summed E-state index contributed by atoms with van der Waals surface area (Å²) in [5, 5.41) is 8.98. The fraction of sp³-hybridized carbons (Fsp3) is 0.143. The average molecular weight is 303 g/mol. The summed E-state index contributed by atoms with van der Waals surface area (Å²) >= 11 is 3.20. The Labute approximate surface area is 125 Å². The molecular formula is C14H13N3OS2. The molecule has 1 N–H and O–H groups in total. The Hall–Kier alpha value is -1.92. The number of anilines is 1. The second kappa shape index (κ2) is 5.60. The van der Waals surface area contributed by atoms with Gasteiger partial charge in [0, 0.05) is 23.4 Å². The van der Waals surface area contributed by atoms with Crippen molar-refractivity contribution in [3.63, 3.8) is 0 Å². The minimum atomic E-state index is 0.851. The van der Waals surface area contributed by atoms with E-state index in [1.54, 1.807) is 29.8 Å². The molecule has 4 nitrogen and oxygen atoms in total. The fourth-order valence-electron chi connectivity index (χ4n) is 1.76. The number of rotatable bonds is 4. The van der Waals surface area contributed by atoms with Crippen molar-refractivity contribution >= 4 is 27.8 Å². The van der Waals surface area contributed by atoms with E-state index in [0.29, 0.717) is 0 Å². The van der Waals surface area contributed by atoms with Gasteiger partial charge >= 0.3 is 0 Å². The zero-order chi connectivity index (χ0) is 13.9. The lowest BCUT2D eigenvalue weighted by molar-refractivity contribution is 0.415. The predicted octanol–water partition coefficient (Wildman–Crippen LogP) is 3.98. The lowest BCUT2D eigenvalue weighted by Crippen LogP contribution is -1.86. The zero-order valence-corrected chi connectivity index (χ0v) is 12.7. The third-order valence-corrected chi connectivity index (χ3v) is 4.57. The molecule has 0 fully saturated rings. The Kier molecular flexibility index (Phi) is 3.66. The molecule has 2 aromatic heterocycles. The largest absolute Gasteiger partial charge is 0.497 e. The maximum Gasteiger partial charge on any atom is 0.183 e. The highest BCUT2D eigenvalue weighted by Gasteiger charge is 2.09. The molecule has 0 bridgehead atoms. The van der Waals surface area contributed by atoms with E-state index in [0.717, 1.165) is 32.8 Å². The molecule has 0 saturated carbocycles. The van der Waals surface area contributed by atoms with Crippen molar-refractivity contribution in [3.8, 4) is 27.7 Å². The first-order valence-electron chi connectivity index (χ1n) is 6.04. The molecule has 0 atom stereocenters. The van der Waals surface area contributed by atoms with Crippen LogP contribution in [0.1, 0.15) is 0 Å². The molecule has 102 valence electrons. The van der Waals surface area contributed by atoms with Crippen molar-refractivity contribution in [2.75, 3.05) is 19.5 Å². The molecule has 1 aromatic carbocycles. The van der Waals surface area contributed by atoms with Gasteiger partial charge in [0.2, 0.25) is 0 Å². The Morgan fingerprint density at radius 1 is 1.00 bits per heavy atom. The van der Waals surface area contributed by atoms with Crippen molar-refractivity contribution < 1.29 is 4.74 Å². The lowest BCUT2D eigenvalue weighted by Gasteiger charge is -2.00. The molecule has 20 heavy (non-hydrogen) atoms. The van der Waals surface area contributed by atoms with Crippen LogP contribution in [0.25, 0.3) is 22.0 Å². The van der Waals surface area contributed by atoms with Crippen LogP contribution in [0.4, 0.5) is 5.13 Å². The molecule has 0 amide bonds. The summed E-state index contributed by atoms with van der Waals surface area (Å²) in [6.07, 6.45) is 0. The summed E-state index contributed by atoms with van der Waals surface area (Å²) in [7, 11) is 3.53. The minimum Gasteiger partial charge on any atom is -0.497 e. The molecule has 0 aliphatic rings. The molecule has 0 aliphatic carbocycles. The number of thiazole rings is 2. The maximum absolute atomic E-state index is 5.16. The van der Waals surface area contributed by atoms with E-state index in [-0.39, 0.29) is 0 Å². The van der Waals surface area contributed by atoms with Crippen molar-refractivity contribution in [1.82, 2.24) is 9.97 Å². The van der Waals surface area contributed by atoms with Crippen molar-refractivity contribution in [1.29, 1.82) is 0 Å². The highest BCUT2D eigenvalue weighted by molar-refractivity contribution is 7.14. The Morgan fingerprint density at radius 3 is 2.35 bits per heavy atom. The quantitative estimate of drug-likeness (QED) is 0.792. The minimum absolute atomic E-state index is 0.851. The molecule has 0 spiro atoms. The molecule has 3 aromatic rings. The van der Waals surface area contributed by atoms with Crippen LogP contribution >= 0.6 is 22.7 Å². The van der Waals surface area contributed by atoms with Crippen molar-refractivity contribution in [3.05, 3.63) is 35.0 Å². The summed E-state index contributed by atoms with van der Waals surface area (Å²) in [4.78, 5) is 9.11. The summed E-state index contributed by atoms with van der Waals surface area (Å²) in [6.45, 7) is 0. The van der Waals surface area contributed by atoms with E-state index in [2.05, 4.69) is 15.3 Å². The lowest BCUT2D eigenvalue weighted by atomic mass is 10.2. The van der Waals surface area contributed by atoms with Crippen LogP contribution in [-0.4, -0.2) is 24.1 Å². The number of nitrogens with zero attached hydrogens (tertiary/aromatic N) is 2. The SMILES string of the molecule is CNc1nc(-c2csc(-c3ccc(OC)cc3)n2)cs1. The number of ether oxygens (including phenoxy) is 1. The summed E-state index contributed by atoms with van der Waals surface area (Å²) in [6, 6.07) is 7.92. The van der Waals surface area contributed by atoms with Gasteiger partial charge in [-0.15, -0.1) is 22.7 Å². The van der Waals surface area contributed by atoms with Crippen LogP contribution in [-0.2, 0) is 0 Å². The Balaban J connectivity index is 1.88. The van der Waals surface area contributed by atoms with E-state index in [1.807, 2.05) is 42.1 Å². The Morgan fingerprint density at radius 2 is 1.70 bits per heavy atom. The van der Waals surface area contributed by atoms with Gasteiger partial charge in [-0.2, -0.15) is 0 Å². The summed E-state index contributed by atoms with van der Waals surface area (Å²) in [5.74, 6) is 0.851. The van der Waals surface area contributed by atoms with Gasteiger partial charge in [-0.05, 0) is 24.3 Å². The van der Waals surface area contributed by atoms with Gasteiger partial charge in [-0.25, -0.2) is 9.97 Å². The standard InChI is InChI=1S/C14H13N3OS2/c1-15-14-17-12(8-20-14)11-7-19-13(16-11)9-3-5-10(18-2)6-4-9/h3-8H,1-2H3,(H,15,17). The summed E-state index contributed by atoms with van der Waals surface area (Å²) in [5.41, 5.74) is 2.92. The number of nitrogens with one attached hydrogen (secondary N) is 1. The number of aromatic nitrogens is 2. The average Bonchev–Trinajstić information content (AvgIpc) is 3.16. The molecule has 0 saturated heterocycles. The molecule has 6 heteroatoms. The van der Waals surface area contributed by atoms with E-state index in [9.17, 15) is 0 Å². The van der Waals surface area contributed by atoms with Gasteiger partial charge in [0.1, 0.15) is 22.1 Å². The smallest absolute Gasteiger partial charge is 0.183 e. The normalized spacial score (nSPS) is 10.5. The Bertz CT molecular complexity index is 703. The second-order valence-electron chi connectivity index (χ2n) is 4.05.